The standard InChI is InChI=1S/C21H31NO4/c1-4-5-9-18(14-23)13-20(24)19(12-16(2)3)22-21(25)26-15-17-10-7-6-8-11-17/h6-8,10-11,14,16,18-19H,4-5,9,12-13,15H2,1-3H3,(H,22,25). The summed E-state index contributed by atoms with van der Waals surface area (Å²) in [5.74, 6) is -0.147. The van der Waals surface area contributed by atoms with E-state index in [0.29, 0.717) is 12.8 Å². The van der Waals surface area contributed by atoms with Gasteiger partial charge in [-0.3, -0.25) is 4.79 Å². The van der Waals surface area contributed by atoms with Gasteiger partial charge in [0, 0.05) is 12.3 Å². The third-order valence-corrected chi connectivity index (χ3v) is 4.18. The maximum absolute atomic E-state index is 12.6. The first-order valence-corrected chi connectivity index (χ1v) is 9.41. The summed E-state index contributed by atoms with van der Waals surface area (Å²) in [5.41, 5.74) is 0.884. The van der Waals surface area contributed by atoms with E-state index in [0.717, 1.165) is 24.7 Å². The highest BCUT2D eigenvalue weighted by Gasteiger charge is 2.25. The van der Waals surface area contributed by atoms with Crippen LogP contribution in [0, 0.1) is 11.8 Å². The smallest absolute Gasteiger partial charge is 0.408 e. The molecular formula is C21H31NO4. The van der Waals surface area contributed by atoms with Crippen LogP contribution in [0.5, 0.6) is 0 Å². The van der Waals surface area contributed by atoms with Crippen LogP contribution in [0.4, 0.5) is 4.79 Å². The number of benzene rings is 1. The second-order valence-electron chi connectivity index (χ2n) is 7.10. The minimum absolute atomic E-state index is 0.108. The van der Waals surface area contributed by atoms with Gasteiger partial charge in [0.25, 0.3) is 0 Å². The third-order valence-electron chi connectivity index (χ3n) is 4.18. The lowest BCUT2D eigenvalue weighted by Crippen LogP contribution is -2.42. The SMILES string of the molecule is CCCCC(C=O)CC(=O)C(CC(C)C)NC(=O)OCc1ccccc1. The van der Waals surface area contributed by atoms with Crippen molar-refractivity contribution >= 4 is 18.2 Å². The fourth-order valence-corrected chi connectivity index (χ4v) is 2.73. The molecule has 26 heavy (non-hydrogen) atoms. The predicted molar refractivity (Wildman–Crippen MR) is 102 cm³/mol. The van der Waals surface area contributed by atoms with E-state index in [4.69, 9.17) is 4.74 Å². The Labute approximate surface area is 156 Å². The van der Waals surface area contributed by atoms with Gasteiger partial charge in [-0.25, -0.2) is 4.79 Å². The van der Waals surface area contributed by atoms with Crippen molar-refractivity contribution in [3.05, 3.63) is 35.9 Å². The molecule has 0 aromatic heterocycles. The van der Waals surface area contributed by atoms with E-state index in [9.17, 15) is 14.4 Å². The molecule has 1 aromatic rings. The van der Waals surface area contributed by atoms with Gasteiger partial charge in [-0.1, -0.05) is 63.9 Å². The zero-order valence-corrected chi connectivity index (χ0v) is 16.1. The van der Waals surface area contributed by atoms with Crippen molar-refractivity contribution in [3.63, 3.8) is 0 Å². The normalized spacial score (nSPS) is 13.1. The van der Waals surface area contributed by atoms with Crippen LogP contribution in [0.1, 0.15) is 58.4 Å². The van der Waals surface area contributed by atoms with E-state index in [1.807, 2.05) is 44.2 Å². The molecule has 0 saturated heterocycles. The number of unbranched alkanes of at least 4 members (excludes halogenated alkanes) is 1. The summed E-state index contributed by atoms with van der Waals surface area (Å²) in [6.07, 6.45) is 3.55. The van der Waals surface area contributed by atoms with Crippen LogP contribution in [0.2, 0.25) is 0 Å². The fraction of sp³-hybridized carbons (Fsp3) is 0.571. The summed E-state index contributed by atoms with van der Waals surface area (Å²) in [6, 6.07) is 8.75. The highest BCUT2D eigenvalue weighted by molar-refractivity contribution is 5.89. The molecule has 0 bridgehead atoms. The molecule has 0 spiro atoms. The lowest BCUT2D eigenvalue weighted by atomic mass is 9.91. The van der Waals surface area contributed by atoms with E-state index in [2.05, 4.69) is 12.2 Å². The van der Waals surface area contributed by atoms with Crippen LogP contribution in [0.3, 0.4) is 0 Å². The largest absolute Gasteiger partial charge is 0.445 e. The fourth-order valence-electron chi connectivity index (χ4n) is 2.73. The zero-order chi connectivity index (χ0) is 19.4. The summed E-state index contributed by atoms with van der Waals surface area (Å²) in [7, 11) is 0. The van der Waals surface area contributed by atoms with Crippen molar-refractivity contribution in [2.45, 2.75) is 65.5 Å². The number of rotatable bonds is 12. The van der Waals surface area contributed by atoms with Crippen LogP contribution in [0.15, 0.2) is 30.3 Å². The number of aldehydes is 1. The summed E-state index contributed by atoms with van der Waals surface area (Å²) in [6.45, 7) is 6.19. The minimum Gasteiger partial charge on any atom is -0.445 e. The Balaban J connectivity index is 2.59. The molecular weight excluding hydrogens is 330 g/mol. The molecule has 1 amide bonds. The molecule has 0 aliphatic rings. The van der Waals surface area contributed by atoms with Crippen LogP contribution < -0.4 is 5.32 Å². The lowest BCUT2D eigenvalue weighted by Gasteiger charge is -2.21. The summed E-state index contributed by atoms with van der Waals surface area (Å²) in [4.78, 5) is 35.9. The van der Waals surface area contributed by atoms with Crippen molar-refractivity contribution in [1.82, 2.24) is 5.32 Å². The number of carbonyl (C=O) groups excluding carboxylic acids is 3. The Morgan fingerprint density at radius 2 is 1.88 bits per heavy atom. The number of hydrogen-bond donors (Lipinski definition) is 1. The zero-order valence-electron chi connectivity index (χ0n) is 16.1. The van der Waals surface area contributed by atoms with Crippen molar-refractivity contribution in [3.8, 4) is 0 Å². The Bertz CT molecular complexity index is 556. The number of ketones is 1. The number of amides is 1. The topological polar surface area (TPSA) is 72.5 Å². The third kappa shape index (κ3) is 8.79. The molecule has 2 atom stereocenters. The van der Waals surface area contributed by atoms with Gasteiger partial charge in [-0.15, -0.1) is 0 Å². The van der Waals surface area contributed by atoms with Gasteiger partial charge >= 0.3 is 6.09 Å². The molecule has 5 nitrogen and oxygen atoms in total. The number of nitrogens with one attached hydrogen (secondary N) is 1. The highest BCUT2D eigenvalue weighted by Crippen LogP contribution is 2.15. The molecule has 0 heterocycles. The van der Waals surface area contributed by atoms with Gasteiger partial charge in [0.2, 0.25) is 0 Å². The molecule has 5 heteroatoms. The Morgan fingerprint density at radius 1 is 1.19 bits per heavy atom. The number of ether oxygens (including phenoxy) is 1. The summed E-state index contributed by atoms with van der Waals surface area (Å²) >= 11 is 0. The molecule has 0 fully saturated rings. The molecule has 1 aromatic carbocycles. The second-order valence-corrected chi connectivity index (χ2v) is 7.10. The average Bonchev–Trinajstić information content (AvgIpc) is 2.63. The number of Topliss-reactive ketones (excluding diaryl/α,β-unsaturated/α-hetero) is 1. The molecule has 0 aliphatic heterocycles. The molecule has 1 rings (SSSR count). The number of carbonyl (C=O) groups is 3. The van der Waals surface area contributed by atoms with Crippen molar-refractivity contribution in [1.29, 1.82) is 0 Å². The van der Waals surface area contributed by atoms with Gasteiger partial charge in [-0.2, -0.15) is 0 Å². The molecule has 1 N–H and O–H groups in total. The van der Waals surface area contributed by atoms with E-state index in [1.54, 1.807) is 0 Å². The van der Waals surface area contributed by atoms with E-state index < -0.39 is 12.1 Å². The van der Waals surface area contributed by atoms with Gasteiger partial charge < -0.3 is 14.8 Å². The monoisotopic (exact) mass is 361 g/mol. The Hall–Kier alpha value is -2.17. The van der Waals surface area contributed by atoms with E-state index in [-0.39, 0.29) is 30.6 Å². The van der Waals surface area contributed by atoms with Crippen molar-refractivity contribution in [2.24, 2.45) is 11.8 Å². The van der Waals surface area contributed by atoms with Gasteiger partial charge in [-0.05, 0) is 24.3 Å². The number of hydrogen-bond acceptors (Lipinski definition) is 4. The Kier molecular flexibility index (Phi) is 10.3. The molecule has 0 aliphatic carbocycles. The first-order chi connectivity index (χ1) is 12.5. The maximum atomic E-state index is 12.6. The second kappa shape index (κ2) is 12.2. The van der Waals surface area contributed by atoms with Crippen LogP contribution in [0.25, 0.3) is 0 Å². The average molecular weight is 361 g/mol. The molecule has 144 valence electrons. The molecule has 0 radical (unpaired) electrons. The summed E-state index contributed by atoms with van der Waals surface area (Å²) < 4.78 is 5.21. The van der Waals surface area contributed by atoms with E-state index in [1.165, 1.54) is 0 Å². The van der Waals surface area contributed by atoms with Crippen molar-refractivity contribution < 1.29 is 19.1 Å². The van der Waals surface area contributed by atoms with Gasteiger partial charge in [0.1, 0.15) is 12.9 Å². The predicted octanol–water partition coefficient (Wildman–Crippen LogP) is 4.29. The van der Waals surface area contributed by atoms with Crippen LogP contribution >= 0.6 is 0 Å². The Morgan fingerprint density at radius 3 is 2.46 bits per heavy atom. The molecule has 2 unspecified atom stereocenters. The maximum Gasteiger partial charge on any atom is 0.408 e. The summed E-state index contributed by atoms with van der Waals surface area (Å²) in [5, 5.41) is 2.68. The first kappa shape index (κ1) is 21.9. The van der Waals surface area contributed by atoms with Crippen LogP contribution in [-0.2, 0) is 20.9 Å². The first-order valence-electron chi connectivity index (χ1n) is 9.41. The van der Waals surface area contributed by atoms with Crippen molar-refractivity contribution in [2.75, 3.05) is 0 Å². The quantitative estimate of drug-likeness (QED) is 0.564. The molecule has 0 saturated carbocycles. The van der Waals surface area contributed by atoms with Gasteiger partial charge in [0.15, 0.2) is 5.78 Å². The van der Waals surface area contributed by atoms with E-state index >= 15 is 0 Å². The highest BCUT2D eigenvalue weighted by atomic mass is 16.5. The lowest BCUT2D eigenvalue weighted by molar-refractivity contribution is -0.124. The minimum atomic E-state index is -0.623. The number of alkyl carbamates (subject to hydrolysis) is 1. The van der Waals surface area contributed by atoms with Crippen LogP contribution in [-0.4, -0.2) is 24.2 Å². The van der Waals surface area contributed by atoms with Gasteiger partial charge in [0.05, 0.1) is 6.04 Å².